The van der Waals surface area contributed by atoms with Gasteiger partial charge in [-0.3, -0.25) is 4.79 Å². The van der Waals surface area contributed by atoms with Crippen LogP contribution in [0, 0.1) is 12.3 Å². The molecule has 0 aromatic heterocycles. The van der Waals surface area contributed by atoms with Crippen LogP contribution in [0.5, 0.6) is 0 Å². The highest BCUT2D eigenvalue weighted by Gasteiger charge is 2.31. The fraction of sp³-hybridized carbons (Fsp3) is 0.571. The highest BCUT2D eigenvalue weighted by molar-refractivity contribution is 5.93. The van der Waals surface area contributed by atoms with Crippen LogP contribution in [-0.2, 0) is 4.79 Å². The molecule has 4 heteroatoms. The van der Waals surface area contributed by atoms with E-state index in [-0.39, 0.29) is 13.1 Å². The van der Waals surface area contributed by atoms with Crippen molar-refractivity contribution in [2.75, 3.05) is 13.1 Å². The van der Waals surface area contributed by atoms with Crippen LogP contribution < -0.4 is 0 Å². The number of amides is 1. The van der Waals surface area contributed by atoms with Crippen molar-refractivity contribution in [1.29, 1.82) is 0 Å². The number of carbonyl (C=O) groups excluding carboxylic acids is 1. The van der Waals surface area contributed by atoms with E-state index in [1.165, 1.54) is 4.90 Å². The van der Waals surface area contributed by atoms with Crippen molar-refractivity contribution in [3.05, 3.63) is 0 Å². The Labute approximate surface area is 64.4 Å². The first-order valence-electron chi connectivity index (χ1n) is 3.27. The third-order valence-corrected chi connectivity index (χ3v) is 1.67. The van der Waals surface area contributed by atoms with E-state index in [4.69, 9.17) is 16.6 Å². The Morgan fingerprint density at radius 3 is 2.27 bits per heavy atom. The molecule has 1 saturated heterocycles. The van der Waals surface area contributed by atoms with Crippen molar-refractivity contribution < 1.29 is 15.0 Å². The number of hydrogen-bond donors (Lipinski definition) is 2. The number of hydrogen-bond acceptors (Lipinski definition) is 3. The van der Waals surface area contributed by atoms with Crippen LogP contribution >= 0.6 is 0 Å². The zero-order chi connectivity index (χ0) is 8.43. The van der Waals surface area contributed by atoms with Gasteiger partial charge in [0.15, 0.2) is 0 Å². The standard InChI is InChI=1S/C7H9NO3/c1-2-7(11)8-3-5(9)6(10)4-8/h1,5-6,9-10H,3-4H2/t5-,6+. The lowest BCUT2D eigenvalue weighted by atomic mass is 10.3. The molecule has 0 radical (unpaired) electrons. The summed E-state index contributed by atoms with van der Waals surface area (Å²) in [7, 11) is 0. The van der Waals surface area contributed by atoms with Gasteiger partial charge in [-0.2, -0.15) is 0 Å². The topological polar surface area (TPSA) is 60.8 Å². The lowest BCUT2D eigenvalue weighted by molar-refractivity contribution is -0.124. The van der Waals surface area contributed by atoms with E-state index in [1.54, 1.807) is 0 Å². The molecule has 60 valence electrons. The van der Waals surface area contributed by atoms with Crippen molar-refractivity contribution >= 4 is 5.91 Å². The van der Waals surface area contributed by atoms with Gasteiger partial charge in [0.1, 0.15) is 0 Å². The number of rotatable bonds is 0. The molecule has 1 aliphatic heterocycles. The molecule has 0 bridgehead atoms. The van der Waals surface area contributed by atoms with Crippen LogP contribution in [0.25, 0.3) is 0 Å². The molecule has 1 aliphatic rings. The zero-order valence-electron chi connectivity index (χ0n) is 5.90. The lowest BCUT2D eigenvalue weighted by Gasteiger charge is -2.09. The summed E-state index contributed by atoms with van der Waals surface area (Å²) >= 11 is 0. The minimum atomic E-state index is -0.854. The molecule has 1 amide bonds. The molecule has 11 heavy (non-hydrogen) atoms. The molecular formula is C7H9NO3. The van der Waals surface area contributed by atoms with Crippen molar-refractivity contribution in [1.82, 2.24) is 4.90 Å². The third kappa shape index (κ3) is 1.50. The summed E-state index contributed by atoms with van der Waals surface area (Å²) in [6.45, 7) is 0.258. The Morgan fingerprint density at radius 1 is 1.45 bits per heavy atom. The van der Waals surface area contributed by atoms with Gasteiger partial charge < -0.3 is 15.1 Å². The maximum absolute atomic E-state index is 10.8. The fourth-order valence-corrected chi connectivity index (χ4v) is 1.03. The Balaban J connectivity index is 2.55. The molecule has 0 aliphatic carbocycles. The molecule has 2 atom stereocenters. The highest BCUT2D eigenvalue weighted by Crippen LogP contribution is 2.09. The van der Waals surface area contributed by atoms with E-state index in [0.717, 1.165) is 0 Å². The second-order valence-corrected chi connectivity index (χ2v) is 2.49. The van der Waals surface area contributed by atoms with Gasteiger partial charge in [-0.25, -0.2) is 0 Å². The predicted molar refractivity (Wildman–Crippen MR) is 37.4 cm³/mol. The monoisotopic (exact) mass is 155 g/mol. The van der Waals surface area contributed by atoms with Crippen LogP contribution in [0.2, 0.25) is 0 Å². The Kier molecular flexibility index (Phi) is 2.13. The normalized spacial score (nSPS) is 30.1. The number of aliphatic hydroxyl groups excluding tert-OH is 2. The lowest BCUT2D eigenvalue weighted by Crippen LogP contribution is -2.28. The van der Waals surface area contributed by atoms with E-state index < -0.39 is 18.1 Å². The van der Waals surface area contributed by atoms with Crippen molar-refractivity contribution in [3.8, 4) is 12.3 Å². The summed E-state index contributed by atoms with van der Waals surface area (Å²) in [5.74, 6) is 1.43. The summed E-state index contributed by atoms with van der Waals surface area (Å²) in [4.78, 5) is 12.0. The molecule has 0 saturated carbocycles. The molecule has 1 fully saturated rings. The number of terminal acetylenes is 1. The van der Waals surface area contributed by atoms with Crippen LogP contribution in [0.15, 0.2) is 0 Å². The van der Waals surface area contributed by atoms with Gasteiger partial charge in [-0.05, 0) is 5.92 Å². The fourth-order valence-electron chi connectivity index (χ4n) is 1.03. The summed E-state index contributed by atoms with van der Waals surface area (Å²) in [5, 5.41) is 18.0. The van der Waals surface area contributed by atoms with Crippen molar-refractivity contribution in [2.24, 2.45) is 0 Å². The first-order valence-corrected chi connectivity index (χ1v) is 3.27. The Hall–Kier alpha value is -1.05. The summed E-state index contributed by atoms with van der Waals surface area (Å²) in [5.41, 5.74) is 0. The van der Waals surface area contributed by atoms with Crippen LogP contribution in [0.3, 0.4) is 0 Å². The van der Waals surface area contributed by atoms with E-state index in [0.29, 0.717) is 0 Å². The van der Waals surface area contributed by atoms with Gasteiger partial charge in [0.2, 0.25) is 0 Å². The average molecular weight is 155 g/mol. The van der Waals surface area contributed by atoms with Crippen molar-refractivity contribution in [2.45, 2.75) is 12.2 Å². The second-order valence-electron chi connectivity index (χ2n) is 2.49. The molecule has 0 aromatic rings. The van der Waals surface area contributed by atoms with Crippen LogP contribution in [-0.4, -0.2) is 46.3 Å². The van der Waals surface area contributed by atoms with Crippen LogP contribution in [0.4, 0.5) is 0 Å². The molecule has 1 heterocycles. The number of likely N-dealkylation sites (tertiary alicyclic amines) is 1. The molecule has 0 spiro atoms. The van der Waals surface area contributed by atoms with Gasteiger partial charge in [0.25, 0.3) is 5.91 Å². The minimum absolute atomic E-state index is 0.129. The number of nitrogens with zero attached hydrogens (tertiary/aromatic N) is 1. The maximum Gasteiger partial charge on any atom is 0.298 e. The molecular weight excluding hydrogens is 146 g/mol. The highest BCUT2D eigenvalue weighted by atomic mass is 16.3. The maximum atomic E-state index is 10.8. The third-order valence-electron chi connectivity index (χ3n) is 1.67. The quantitative estimate of drug-likeness (QED) is 0.405. The Morgan fingerprint density at radius 2 is 1.91 bits per heavy atom. The minimum Gasteiger partial charge on any atom is -0.388 e. The zero-order valence-corrected chi connectivity index (χ0v) is 5.90. The predicted octanol–water partition coefficient (Wildman–Crippen LogP) is -1.82. The first-order chi connectivity index (χ1) is 5.15. The first kappa shape index (κ1) is 8.05. The molecule has 0 aromatic carbocycles. The largest absolute Gasteiger partial charge is 0.388 e. The van der Waals surface area contributed by atoms with Crippen molar-refractivity contribution in [3.63, 3.8) is 0 Å². The van der Waals surface area contributed by atoms with E-state index in [9.17, 15) is 4.79 Å². The summed E-state index contributed by atoms with van der Waals surface area (Å²) in [6.07, 6.45) is 3.13. The summed E-state index contributed by atoms with van der Waals surface area (Å²) in [6, 6.07) is 0. The Bertz CT molecular complexity index is 198. The van der Waals surface area contributed by atoms with E-state index >= 15 is 0 Å². The molecule has 0 unspecified atom stereocenters. The summed E-state index contributed by atoms with van der Waals surface area (Å²) < 4.78 is 0. The van der Waals surface area contributed by atoms with Gasteiger partial charge in [-0.15, -0.1) is 6.42 Å². The van der Waals surface area contributed by atoms with Gasteiger partial charge in [-0.1, -0.05) is 0 Å². The number of aliphatic hydroxyl groups is 2. The van der Waals surface area contributed by atoms with Gasteiger partial charge >= 0.3 is 0 Å². The number of carbonyl (C=O) groups is 1. The number of β-amino-alcohol motifs (C(OH)–C–C–N with tert-alkyl or cyclic N) is 2. The second kappa shape index (κ2) is 2.91. The van der Waals surface area contributed by atoms with E-state index in [2.05, 4.69) is 0 Å². The smallest absolute Gasteiger partial charge is 0.298 e. The SMILES string of the molecule is C#CC(=O)N1C[C@@H](O)[C@@H](O)C1. The van der Waals surface area contributed by atoms with Gasteiger partial charge in [0, 0.05) is 0 Å². The average Bonchev–Trinajstić information content (AvgIpc) is 2.31. The van der Waals surface area contributed by atoms with Gasteiger partial charge in [0.05, 0.1) is 25.3 Å². The molecule has 4 nitrogen and oxygen atoms in total. The van der Waals surface area contributed by atoms with E-state index in [1.807, 2.05) is 5.92 Å². The van der Waals surface area contributed by atoms with Crippen LogP contribution in [0.1, 0.15) is 0 Å². The molecule has 2 N–H and O–H groups in total. The molecule has 1 rings (SSSR count).